The Morgan fingerprint density at radius 2 is 1.95 bits per heavy atom. The van der Waals surface area contributed by atoms with Gasteiger partial charge in [0, 0.05) is 12.1 Å². The van der Waals surface area contributed by atoms with Crippen molar-refractivity contribution in [3.8, 4) is 11.5 Å². The third-order valence-corrected chi connectivity index (χ3v) is 4.61. The van der Waals surface area contributed by atoms with Crippen LogP contribution in [0.4, 0.5) is 0 Å². The monoisotopic (exact) mass is 290 g/mol. The van der Waals surface area contributed by atoms with Gasteiger partial charge in [0.15, 0.2) is 11.5 Å². The Balaban J connectivity index is 1.63. The summed E-state index contributed by atoms with van der Waals surface area (Å²) in [7, 11) is 0. The highest BCUT2D eigenvalue weighted by atomic mass is 16.7. The minimum Gasteiger partial charge on any atom is -0.454 e. The van der Waals surface area contributed by atoms with Crippen molar-refractivity contribution in [2.45, 2.75) is 32.1 Å². The molecule has 1 aliphatic heterocycles. The van der Waals surface area contributed by atoms with Gasteiger partial charge in [-0.05, 0) is 43.0 Å². The fourth-order valence-corrected chi connectivity index (χ4v) is 3.16. The fourth-order valence-electron chi connectivity index (χ4n) is 3.16. The molecule has 0 radical (unpaired) electrons. The first kappa shape index (κ1) is 14.2. The van der Waals surface area contributed by atoms with E-state index >= 15 is 0 Å². The summed E-state index contributed by atoms with van der Waals surface area (Å²) in [6.07, 6.45) is 5.89. The number of hydrogen-bond acceptors (Lipinski definition) is 4. The molecular weight excluding hydrogens is 268 g/mol. The third-order valence-electron chi connectivity index (χ3n) is 4.61. The van der Waals surface area contributed by atoms with Gasteiger partial charge >= 0.3 is 0 Å². The number of nitrogens with one attached hydrogen (secondary N) is 1. The molecule has 0 aromatic heterocycles. The molecule has 1 aliphatic carbocycles. The van der Waals surface area contributed by atoms with E-state index in [4.69, 9.17) is 15.2 Å². The lowest BCUT2D eigenvalue weighted by atomic mass is 9.74. The molecule has 0 unspecified atom stereocenters. The maximum Gasteiger partial charge on any atom is 0.251 e. The first-order valence-corrected chi connectivity index (χ1v) is 7.60. The molecule has 0 atom stereocenters. The molecule has 1 heterocycles. The van der Waals surface area contributed by atoms with Gasteiger partial charge in [-0.15, -0.1) is 0 Å². The third kappa shape index (κ3) is 2.97. The quantitative estimate of drug-likeness (QED) is 0.890. The predicted molar refractivity (Wildman–Crippen MR) is 79.5 cm³/mol. The number of carbonyl (C=O) groups excluding carboxylic acids is 1. The zero-order valence-electron chi connectivity index (χ0n) is 12.2. The number of hydrogen-bond donors (Lipinski definition) is 2. The van der Waals surface area contributed by atoms with Crippen LogP contribution in [0.5, 0.6) is 11.5 Å². The molecule has 0 bridgehead atoms. The van der Waals surface area contributed by atoms with E-state index in [0.717, 1.165) is 12.8 Å². The molecule has 3 N–H and O–H groups in total. The minimum atomic E-state index is -0.0771. The van der Waals surface area contributed by atoms with E-state index in [0.29, 0.717) is 30.2 Å². The zero-order valence-corrected chi connectivity index (χ0v) is 12.2. The molecule has 1 aromatic rings. The molecule has 21 heavy (non-hydrogen) atoms. The molecule has 114 valence electrons. The van der Waals surface area contributed by atoms with E-state index in [2.05, 4.69) is 5.32 Å². The number of ether oxygens (including phenoxy) is 2. The van der Waals surface area contributed by atoms with Crippen molar-refractivity contribution < 1.29 is 14.3 Å². The van der Waals surface area contributed by atoms with E-state index in [-0.39, 0.29) is 18.1 Å². The molecule has 1 amide bonds. The number of benzene rings is 1. The van der Waals surface area contributed by atoms with Crippen molar-refractivity contribution >= 4 is 5.91 Å². The van der Waals surface area contributed by atoms with E-state index < -0.39 is 0 Å². The van der Waals surface area contributed by atoms with Crippen LogP contribution < -0.4 is 20.5 Å². The van der Waals surface area contributed by atoms with Crippen molar-refractivity contribution in [2.24, 2.45) is 11.1 Å². The van der Waals surface area contributed by atoms with E-state index in [1.807, 2.05) is 0 Å². The van der Waals surface area contributed by atoms with Gasteiger partial charge in [-0.3, -0.25) is 4.79 Å². The second-order valence-electron chi connectivity index (χ2n) is 6.02. The average Bonchev–Trinajstić information content (AvgIpc) is 3.01. The standard InChI is InChI=1S/C16H22N2O3/c17-9-16(6-2-1-3-7-16)10-18-15(19)12-4-5-13-14(8-12)21-11-20-13/h4-5,8H,1-3,6-7,9-11,17H2,(H,18,19). The fraction of sp³-hybridized carbons (Fsp3) is 0.562. The van der Waals surface area contributed by atoms with Crippen molar-refractivity contribution in [1.29, 1.82) is 0 Å². The summed E-state index contributed by atoms with van der Waals surface area (Å²) in [6.45, 7) is 1.50. The number of carbonyl (C=O) groups is 1. The van der Waals surface area contributed by atoms with Crippen LogP contribution in [0.2, 0.25) is 0 Å². The second kappa shape index (κ2) is 5.93. The summed E-state index contributed by atoms with van der Waals surface area (Å²) in [5.74, 6) is 1.25. The smallest absolute Gasteiger partial charge is 0.251 e. The molecule has 0 saturated heterocycles. The topological polar surface area (TPSA) is 73.6 Å². The van der Waals surface area contributed by atoms with Crippen LogP contribution in [-0.4, -0.2) is 25.8 Å². The van der Waals surface area contributed by atoms with E-state index in [9.17, 15) is 4.79 Å². The van der Waals surface area contributed by atoms with Gasteiger partial charge in [0.2, 0.25) is 6.79 Å². The molecule has 3 rings (SSSR count). The van der Waals surface area contributed by atoms with Crippen molar-refractivity contribution in [2.75, 3.05) is 19.9 Å². The Bertz CT molecular complexity index is 524. The van der Waals surface area contributed by atoms with E-state index in [1.54, 1.807) is 18.2 Å². The molecule has 5 nitrogen and oxygen atoms in total. The molecular formula is C16H22N2O3. The average molecular weight is 290 g/mol. The summed E-state index contributed by atoms with van der Waals surface area (Å²) in [6, 6.07) is 5.27. The Kier molecular flexibility index (Phi) is 4.01. The van der Waals surface area contributed by atoms with Crippen molar-refractivity contribution in [1.82, 2.24) is 5.32 Å². The van der Waals surface area contributed by atoms with Crippen LogP contribution in [0.3, 0.4) is 0 Å². The zero-order chi connectivity index (χ0) is 14.7. The lowest BCUT2D eigenvalue weighted by molar-refractivity contribution is 0.0913. The SMILES string of the molecule is NCC1(CNC(=O)c2ccc3c(c2)OCO3)CCCCC1. The van der Waals surface area contributed by atoms with Crippen LogP contribution in [0, 0.1) is 5.41 Å². The largest absolute Gasteiger partial charge is 0.454 e. The summed E-state index contributed by atoms with van der Waals surface area (Å²) < 4.78 is 10.6. The van der Waals surface area contributed by atoms with Crippen LogP contribution in [0.1, 0.15) is 42.5 Å². The molecule has 2 aliphatic rings. The van der Waals surface area contributed by atoms with Gasteiger partial charge < -0.3 is 20.5 Å². The maximum absolute atomic E-state index is 12.3. The first-order chi connectivity index (χ1) is 10.2. The molecule has 1 aromatic carbocycles. The normalized spacial score (nSPS) is 19.3. The van der Waals surface area contributed by atoms with Gasteiger partial charge in [0.05, 0.1) is 0 Å². The van der Waals surface area contributed by atoms with Crippen LogP contribution >= 0.6 is 0 Å². The van der Waals surface area contributed by atoms with Gasteiger partial charge in [0.25, 0.3) is 5.91 Å². The van der Waals surface area contributed by atoms with E-state index in [1.165, 1.54) is 19.3 Å². The Hall–Kier alpha value is -1.75. The van der Waals surface area contributed by atoms with Crippen molar-refractivity contribution in [3.05, 3.63) is 23.8 Å². The number of fused-ring (bicyclic) bond motifs is 1. The second-order valence-corrected chi connectivity index (χ2v) is 6.02. The number of amides is 1. The lowest BCUT2D eigenvalue weighted by Crippen LogP contribution is -2.43. The highest BCUT2D eigenvalue weighted by Crippen LogP contribution is 2.35. The van der Waals surface area contributed by atoms with Gasteiger partial charge in [0.1, 0.15) is 0 Å². The highest BCUT2D eigenvalue weighted by Gasteiger charge is 2.31. The first-order valence-electron chi connectivity index (χ1n) is 7.60. The number of rotatable bonds is 4. The molecule has 5 heteroatoms. The number of nitrogens with two attached hydrogens (primary N) is 1. The molecule has 1 fully saturated rings. The van der Waals surface area contributed by atoms with Crippen molar-refractivity contribution in [3.63, 3.8) is 0 Å². The summed E-state index contributed by atoms with van der Waals surface area (Å²) in [4.78, 5) is 12.3. The summed E-state index contributed by atoms with van der Waals surface area (Å²) in [5.41, 5.74) is 6.62. The Morgan fingerprint density at radius 1 is 1.19 bits per heavy atom. The van der Waals surface area contributed by atoms with Crippen LogP contribution in [-0.2, 0) is 0 Å². The molecule has 0 spiro atoms. The Labute approximate surface area is 124 Å². The van der Waals surface area contributed by atoms with Crippen LogP contribution in [0.15, 0.2) is 18.2 Å². The van der Waals surface area contributed by atoms with Gasteiger partial charge in [-0.25, -0.2) is 0 Å². The van der Waals surface area contributed by atoms with Gasteiger partial charge in [-0.2, -0.15) is 0 Å². The minimum absolute atomic E-state index is 0.0737. The summed E-state index contributed by atoms with van der Waals surface area (Å²) in [5, 5.41) is 3.04. The molecule has 1 saturated carbocycles. The highest BCUT2D eigenvalue weighted by molar-refractivity contribution is 5.94. The van der Waals surface area contributed by atoms with Crippen LogP contribution in [0.25, 0.3) is 0 Å². The Morgan fingerprint density at radius 3 is 2.71 bits per heavy atom. The van der Waals surface area contributed by atoms with Gasteiger partial charge in [-0.1, -0.05) is 19.3 Å². The maximum atomic E-state index is 12.3. The predicted octanol–water partition coefficient (Wildman–Crippen LogP) is 2.05. The lowest BCUT2D eigenvalue weighted by Gasteiger charge is -2.36. The summed E-state index contributed by atoms with van der Waals surface area (Å²) >= 11 is 0.